The molecule has 0 saturated carbocycles. The van der Waals surface area contributed by atoms with Gasteiger partial charge in [-0.3, -0.25) is 9.36 Å². The number of carbonyl (C=O) groups is 2. The van der Waals surface area contributed by atoms with Crippen LogP contribution < -0.4 is 0 Å². The van der Waals surface area contributed by atoms with Crippen LogP contribution in [0.4, 0.5) is 0 Å². The second-order valence-corrected chi connectivity index (χ2v) is 13.4. The summed E-state index contributed by atoms with van der Waals surface area (Å²) >= 11 is 1.40. The normalized spacial score (nSPS) is 11.6. The molecule has 0 bridgehead atoms. The number of rotatable bonds is 11. The van der Waals surface area contributed by atoms with E-state index in [1.165, 1.54) is 11.8 Å². The molecule has 1 heterocycles. The number of ketones is 1. The Morgan fingerprint density at radius 2 is 1.92 bits per heavy atom. The van der Waals surface area contributed by atoms with E-state index in [2.05, 4.69) is 31.5 Å². The zero-order valence-electron chi connectivity index (χ0n) is 16.2. The maximum atomic E-state index is 12.3. The van der Waals surface area contributed by atoms with Crippen molar-refractivity contribution in [2.45, 2.75) is 64.1 Å². The molecule has 25 heavy (non-hydrogen) atoms. The monoisotopic (exact) mass is 386 g/mol. The van der Waals surface area contributed by atoms with Crippen molar-refractivity contribution in [1.29, 1.82) is 0 Å². The summed E-state index contributed by atoms with van der Waals surface area (Å²) in [5.41, 5.74) is 0.170. The number of aromatic nitrogens is 2. The Labute approximate surface area is 155 Å². The van der Waals surface area contributed by atoms with E-state index in [-0.39, 0.29) is 12.3 Å². The molecule has 0 atom stereocenters. The molecule has 6 nitrogen and oxygen atoms in total. The highest BCUT2D eigenvalue weighted by atomic mass is 32.2. The fourth-order valence-electron chi connectivity index (χ4n) is 2.21. The Bertz CT molecular complexity index is 596. The van der Waals surface area contributed by atoms with Crippen LogP contribution >= 0.6 is 11.8 Å². The number of thioether (sulfide) groups is 1. The fraction of sp³-hybridized carbons (Fsp3) is 0.706. The van der Waals surface area contributed by atoms with Crippen molar-refractivity contribution in [2.75, 3.05) is 19.5 Å². The number of aryl methyl sites for hydroxylation is 1. The van der Waals surface area contributed by atoms with Crippen LogP contribution in [-0.2, 0) is 27.4 Å². The molecule has 0 aromatic carbocycles. The number of esters is 1. The number of carbonyl (C=O) groups excluding carboxylic acids is 2. The highest BCUT2D eigenvalue weighted by Crippen LogP contribution is 2.24. The molecule has 0 spiro atoms. The molecule has 8 heteroatoms. The standard InChI is InChI=1S/C17H30N2O4SSi/c1-7-9-13-18-14(15(20)17(21)23-8-2)16(24-3)19(13)12-22-10-11-25(4,5)6/h7-12H2,1-6H3. The summed E-state index contributed by atoms with van der Waals surface area (Å²) in [4.78, 5) is 28.6. The minimum absolute atomic E-state index is 0.168. The van der Waals surface area contributed by atoms with Gasteiger partial charge in [-0.05, 0) is 25.6 Å². The highest BCUT2D eigenvalue weighted by molar-refractivity contribution is 7.98. The summed E-state index contributed by atoms with van der Waals surface area (Å²) in [6, 6.07) is 1.08. The van der Waals surface area contributed by atoms with Crippen LogP contribution in [0, 0.1) is 0 Å². The van der Waals surface area contributed by atoms with Gasteiger partial charge in [0.2, 0.25) is 0 Å². The predicted molar refractivity (Wildman–Crippen MR) is 103 cm³/mol. The fourth-order valence-corrected chi connectivity index (χ4v) is 3.68. The van der Waals surface area contributed by atoms with Crippen LogP contribution in [0.3, 0.4) is 0 Å². The minimum Gasteiger partial charge on any atom is -0.460 e. The summed E-state index contributed by atoms with van der Waals surface area (Å²) in [5, 5.41) is 0.662. The van der Waals surface area contributed by atoms with Gasteiger partial charge in [0.25, 0.3) is 5.78 Å². The molecule has 0 unspecified atom stereocenters. The van der Waals surface area contributed by atoms with Crippen LogP contribution in [0.25, 0.3) is 0 Å². The second kappa shape index (κ2) is 10.1. The SMILES string of the molecule is CCCc1nc(C(=O)C(=O)OCC)c(SC)n1COCC[Si](C)(C)C. The summed E-state index contributed by atoms with van der Waals surface area (Å²) in [5.74, 6) is -0.776. The Hall–Kier alpha value is -1.12. The number of hydrogen-bond acceptors (Lipinski definition) is 6. The quantitative estimate of drug-likeness (QED) is 0.144. The molecular formula is C17H30N2O4SSi. The van der Waals surface area contributed by atoms with E-state index in [4.69, 9.17) is 9.47 Å². The summed E-state index contributed by atoms with van der Waals surface area (Å²) in [6.45, 7) is 11.8. The van der Waals surface area contributed by atoms with Gasteiger partial charge in [0.15, 0.2) is 5.69 Å². The van der Waals surface area contributed by atoms with Gasteiger partial charge < -0.3 is 9.47 Å². The predicted octanol–water partition coefficient (Wildman–Crippen LogP) is 3.62. The lowest BCUT2D eigenvalue weighted by Gasteiger charge is -2.16. The number of ether oxygens (including phenoxy) is 2. The number of nitrogens with zero attached hydrogens (tertiary/aromatic N) is 2. The zero-order valence-corrected chi connectivity index (χ0v) is 18.0. The first kappa shape index (κ1) is 21.9. The van der Waals surface area contributed by atoms with Crippen molar-refractivity contribution >= 4 is 31.6 Å². The van der Waals surface area contributed by atoms with E-state index in [0.29, 0.717) is 18.4 Å². The molecule has 1 aromatic heterocycles. The number of Topliss-reactive ketones (excluding diaryl/α,β-unsaturated/α-hetero) is 1. The van der Waals surface area contributed by atoms with Crippen LogP contribution in [0.2, 0.25) is 25.7 Å². The molecule has 0 amide bonds. The van der Waals surface area contributed by atoms with Gasteiger partial charge in [-0.1, -0.05) is 26.6 Å². The zero-order chi connectivity index (χ0) is 19.0. The first-order valence-electron chi connectivity index (χ1n) is 8.67. The van der Waals surface area contributed by atoms with Gasteiger partial charge >= 0.3 is 5.97 Å². The first-order valence-corrected chi connectivity index (χ1v) is 13.6. The molecule has 1 rings (SSSR count). The average molecular weight is 387 g/mol. The largest absolute Gasteiger partial charge is 0.460 e. The van der Waals surface area contributed by atoms with Gasteiger partial charge in [-0.25, -0.2) is 9.78 Å². The van der Waals surface area contributed by atoms with Gasteiger partial charge in [0.05, 0.1) is 6.61 Å². The van der Waals surface area contributed by atoms with Crippen LogP contribution in [0.1, 0.15) is 36.6 Å². The third-order valence-corrected chi connectivity index (χ3v) is 6.06. The van der Waals surface area contributed by atoms with E-state index in [0.717, 1.165) is 24.7 Å². The van der Waals surface area contributed by atoms with Crippen molar-refractivity contribution < 1.29 is 19.1 Å². The van der Waals surface area contributed by atoms with E-state index in [1.54, 1.807) is 6.92 Å². The van der Waals surface area contributed by atoms with E-state index in [1.807, 2.05) is 10.8 Å². The summed E-state index contributed by atoms with van der Waals surface area (Å²) < 4.78 is 12.6. The van der Waals surface area contributed by atoms with Gasteiger partial charge in [0, 0.05) is 21.1 Å². The first-order chi connectivity index (χ1) is 11.7. The molecule has 0 fully saturated rings. The molecule has 0 aliphatic rings. The topological polar surface area (TPSA) is 70.4 Å². The van der Waals surface area contributed by atoms with E-state index < -0.39 is 19.8 Å². The average Bonchev–Trinajstić information content (AvgIpc) is 2.88. The van der Waals surface area contributed by atoms with Crippen LogP contribution in [-0.4, -0.2) is 48.8 Å². The summed E-state index contributed by atoms with van der Waals surface area (Å²) in [7, 11) is -1.15. The van der Waals surface area contributed by atoms with Gasteiger partial charge in [-0.15, -0.1) is 11.8 Å². The van der Waals surface area contributed by atoms with Crippen LogP contribution in [0.5, 0.6) is 0 Å². The lowest BCUT2D eigenvalue weighted by atomic mass is 10.3. The van der Waals surface area contributed by atoms with Crippen molar-refractivity contribution in [3.63, 3.8) is 0 Å². The molecule has 142 valence electrons. The number of hydrogen-bond donors (Lipinski definition) is 0. The Morgan fingerprint density at radius 1 is 1.24 bits per heavy atom. The van der Waals surface area contributed by atoms with Crippen molar-refractivity contribution in [3.05, 3.63) is 11.5 Å². The van der Waals surface area contributed by atoms with E-state index >= 15 is 0 Å². The number of imidazole rings is 1. The Morgan fingerprint density at radius 3 is 2.44 bits per heavy atom. The molecule has 0 aliphatic heterocycles. The Kier molecular flexibility index (Phi) is 8.88. The van der Waals surface area contributed by atoms with E-state index in [9.17, 15) is 9.59 Å². The molecule has 0 radical (unpaired) electrons. The second-order valence-electron chi connectivity index (χ2n) is 6.96. The molecule has 1 aromatic rings. The van der Waals surface area contributed by atoms with Crippen molar-refractivity contribution in [2.24, 2.45) is 0 Å². The van der Waals surface area contributed by atoms with Crippen molar-refractivity contribution in [1.82, 2.24) is 9.55 Å². The smallest absolute Gasteiger partial charge is 0.381 e. The minimum atomic E-state index is -1.15. The molecule has 0 saturated heterocycles. The lowest BCUT2D eigenvalue weighted by molar-refractivity contribution is -0.137. The maximum Gasteiger partial charge on any atom is 0.381 e. The third kappa shape index (κ3) is 6.60. The van der Waals surface area contributed by atoms with Crippen molar-refractivity contribution in [3.8, 4) is 0 Å². The molecular weight excluding hydrogens is 356 g/mol. The third-order valence-electron chi connectivity index (χ3n) is 3.56. The summed E-state index contributed by atoms with van der Waals surface area (Å²) in [6.07, 6.45) is 3.49. The van der Waals surface area contributed by atoms with Gasteiger partial charge in [0.1, 0.15) is 17.6 Å². The Balaban J connectivity index is 3.01. The molecule has 0 N–H and O–H groups in total. The lowest BCUT2D eigenvalue weighted by Crippen LogP contribution is -2.22. The highest BCUT2D eigenvalue weighted by Gasteiger charge is 2.27. The van der Waals surface area contributed by atoms with Gasteiger partial charge in [-0.2, -0.15) is 0 Å². The molecule has 0 aliphatic carbocycles. The van der Waals surface area contributed by atoms with Crippen LogP contribution in [0.15, 0.2) is 5.03 Å². The maximum absolute atomic E-state index is 12.3.